The molecule has 0 radical (unpaired) electrons. The lowest BCUT2D eigenvalue weighted by Crippen LogP contribution is -2.34. The molecule has 2 nitrogen and oxygen atoms in total. The summed E-state index contributed by atoms with van der Waals surface area (Å²) in [6, 6.07) is 10.3. The van der Waals surface area contributed by atoms with Crippen molar-refractivity contribution >= 4 is 0 Å². The van der Waals surface area contributed by atoms with E-state index < -0.39 is 0 Å². The molecule has 0 amide bonds. The Kier molecular flexibility index (Phi) is 6.25. The van der Waals surface area contributed by atoms with Crippen LogP contribution in [-0.2, 0) is 0 Å². The van der Waals surface area contributed by atoms with Crippen molar-refractivity contribution in [3.05, 3.63) is 35.4 Å². The summed E-state index contributed by atoms with van der Waals surface area (Å²) < 4.78 is 0. The zero-order chi connectivity index (χ0) is 15.2. The fourth-order valence-electron chi connectivity index (χ4n) is 2.98. The molecule has 21 heavy (non-hydrogen) atoms. The van der Waals surface area contributed by atoms with Crippen molar-refractivity contribution in [2.75, 3.05) is 20.1 Å². The molecule has 0 saturated heterocycles. The average molecular weight is 288 g/mol. The maximum absolute atomic E-state index is 3.72. The topological polar surface area (TPSA) is 15.3 Å². The van der Waals surface area contributed by atoms with Crippen LogP contribution in [0.5, 0.6) is 0 Å². The number of hydrogen-bond donors (Lipinski definition) is 1. The predicted octanol–water partition coefficient (Wildman–Crippen LogP) is 4.16. The molecule has 0 bridgehead atoms. The number of benzene rings is 1. The second-order valence-electron chi connectivity index (χ2n) is 6.76. The van der Waals surface area contributed by atoms with Crippen LogP contribution in [0.15, 0.2) is 24.3 Å². The van der Waals surface area contributed by atoms with E-state index in [1.807, 2.05) is 0 Å². The van der Waals surface area contributed by atoms with Gasteiger partial charge < -0.3 is 10.2 Å². The van der Waals surface area contributed by atoms with Gasteiger partial charge in [0.25, 0.3) is 0 Å². The van der Waals surface area contributed by atoms with Crippen molar-refractivity contribution in [1.29, 1.82) is 0 Å². The molecule has 0 aromatic heterocycles. The first-order valence-corrected chi connectivity index (χ1v) is 8.62. The number of nitrogens with one attached hydrogen (secondary N) is 1. The van der Waals surface area contributed by atoms with Gasteiger partial charge in [-0.25, -0.2) is 0 Å². The van der Waals surface area contributed by atoms with Crippen molar-refractivity contribution < 1.29 is 0 Å². The highest BCUT2D eigenvalue weighted by atomic mass is 15.1. The molecule has 0 aliphatic heterocycles. The van der Waals surface area contributed by atoms with E-state index in [1.165, 1.54) is 43.4 Å². The van der Waals surface area contributed by atoms with Gasteiger partial charge >= 0.3 is 0 Å². The van der Waals surface area contributed by atoms with E-state index in [4.69, 9.17) is 0 Å². The van der Waals surface area contributed by atoms with Crippen LogP contribution in [0.3, 0.4) is 0 Å². The maximum Gasteiger partial charge on any atom is 0.0332 e. The summed E-state index contributed by atoms with van der Waals surface area (Å²) in [6.45, 7) is 9.05. The molecule has 2 heteroatoms. The van der Waals surface area contributed by atoms with Gasteiger partial charge in [0.15, 0.2) is 0 Å². The Morgan fingerprint density at radius 2 is 1.90 bits per heavy atom. The van der Waals surface area contributed by atoms with Crippen LogP contribution < -0.4 is 5.32 Å². The van der Waals surface area contributed by atoms with Crippen molar-refractivity contribution in [2.45, 2.75) is 58.5 Å². The van der Waals surface area contributed by atoms with Gasteiger partial charge in [0.05, 0.1) is 0 Å². The Morgan fingerprint density at radius 3 is 2.48 bits per heavy atom. The average Bonchev–Trinajstić information content (AvgIpc) is 3.32. The van der Waals surface area contributed by atoms with Gasteiger partial charge in [-0.2, -0.15) is 0 Å². The second-order valence-corrected chi connectivity index (χ2v) is 6.76. The molecule has 1 saturated carbocycles. The number of hydrogen-bond acceptors (Lipinski definition) is 2. The highest BCUT2D eigenvalue weighted by Gasteiger charge is 2.30. The second kappa shape index (κ2) is 7.95. The molecule has 2 unspecified atom stereocenters. The molecule has 0 spiro atoms. The fourth-order valence-corrected chi connectivity index (χ4v) is 2.98. The number of aryl methyl sites for hydroxylation is 1. The third-order valence-electron chi connectivity index (χ3n) is 4.89. The molecule has 1 fully saturated rings. The summed E-state index contributed by atoms with van der Waals surface area (Å²) in [7, 11) is 2.29. The highest BCUT2D eigenvalue weighted by molar-refractivity contribution is 5.24. The first-order chi connectivity index (χ1) is 10.1. The zero-order valence-corrected chi connectivity index (χ0v) is 14.2. The molecule has 1 aromatic rings. The van der Waals surface area contributed by atoms with E-state index in [0.29, 0.717) is 6.04 Å². The fraction of sp³-hybridized carbons (Fsp3) is 0.684. The monoisotopic (exact) mass is 288 g/mol. The van der Waals surface area contributed by atoms with Crippen molar-refractivity contribution in [3.63, 3.8) is 0 Å². The van der Waals surface area contributed by atoms with Gasteiger partial charge in [0.2, 0.25) is 0 Å². The van der Waals surface area contributed by atoms with Crippen LogP contribution in [0.25, 0.3) is 0 Å². The molecule has 2 rings (SSSR count). The number of rotatable bonds is 9. The molecule has 2 atom stereocenters. The molecular formula is C19H32N2. The van der Waals surface area contributed by atoms with Crippen LogP contribution in [0.4, 0.5) is 0 Å². The summed E-state index contributed by atoms with van der Waals surface area (Å²) in [5.41, 5.74) is 2.77. The van der Waals surface area contributed by atoms with Gasteiger partial charge in [0.1, 0.15) is 0 Å². The zero-order valence-electron chi connectivity index (χ0n) is 14.2. The van der Waals surface area contributed by atoms with Crippen LogP contribution in [0.1, 0.15) is 56.7 Å². The van der Waals surface area contributed by atoms with Gasteiger partial charge in [-0.3, -0.25) is 0 Å². The van der Waals surface area contributed by atoms with Gasteiger partial charge in [0, 0.05) is 12.1 Å². The lowest BCUT2D eigenvalue weighted by molar-refractivity contribution is 0.222. The predicted molar refractivity (Wildman–Crippen MR) is 91.6 cm³/mol. The first-order valence-electron chi connectivity index (χ1n) is 8.62. The van der Waals surface area contributed by atoms with Crippen molar-refractivity contribution in [2.24, 2.45) is 5.92 Å². The Labute approximate surface area is 130 Å². The van der Waals surface area contributed by atoms with E-state index in [2.05, 4.69) is 62.3 Å². The summed E-state index contributed by atoms with van der Waals surface area (Å²) in [5.74, 6) is 0.955. The molecule has 0 heterocycles. The van der Waals surface area contributed by atoms with E-state index in [-0.39, 0.29) is 0 Å². The van der Waals surface area contributed by atoms with Crippen LogP contribution in [0.2, 0.25) is 0 Å². The Morgan fingerprint density at radius 1 is 1.24 bits per heavy atom. The SMILES string of the molecule is CCCNC(CCN(C)C(C)C1CC1)c1ccc(C)cc1. The highest BCUT2D eigenvalue weighted by Crippen LogP contribution is 2.34. The smallest absolute Gasteiger partial charge is 0.0332 e. The molecule has 118 valence electrons. The summed E-state index contributed by atoms with van der Waals surface area (Å²) >= 11 is 0. The minimum atomic E-state index is 0.486. The minimum Gasteiger partial charge on any atom is -0.310 e. The normalized spacial score (nSPS) is 18.0. The third kappa shape index (κ3) is 5.12. The summed E-state index contributed by atoms with van der Waals surface area (Å²) in [6.07, 6.45) is 5.25. The Bertz CT molecular complexity index is 408. The van der Waals surface area contributed by atoms with E-state index in [1.54, 1.807) is 0 Å². The molecule has 1 N–H and O–H groups in total. The largest absolute Gasteiger partial charge is 0.310 e. The lowest BCUT2D eigenvalue weighted by atomic mass is 10.0. The van der Waals surface area contributed by atoms with Crippen LogP contribution in [0, 0.1) is 12.8 Å². The molecule has 1 aliphatic rings. The van der Waals surface area contributed by atoms with Crippen LogP contribution >= 0.6 is 0 Å². The van der Waals surface area contributed by atoms with Gasteiger partial charge in [-0.1, -0.05) is 36.8 Å². The van der Waals surface area contributed by atoms with E-state index in [0.717, 1.165) is 18.5 Å². The molecular weight excluding hydrogens is 256 g/mol. The summed E-state index contributed by atoms with van der Waals surface area (Å²) in [4.78, 5) is 2.55. The van der Waals surface area contributed by atoms with Gasteiger partial charge in [-0.15, -0.1) is 0 Å². The standard InChI is InChI=1S/C19H32N2/c1-5-13-20-19(18-8-6-15(2)7-9-18)12-14-21(4)16(3)17-10-11-17/h6-9,16-17,19-20H,5,10-14H2,1-4H3. The first kappa shape index (κ1) is 16.5. The van der Waals surface area contributed by atoms with Gasteiger partial charge in [-0.05, 0) is 71.1 Å². The molecule has 1 aliphatic carbocycles. The van der Waals surface area contributed by atoms with E-state index >= 15 is 0 Å². The van der Waals surface area contributed by atoms with Crippen LogP contribution in [-0.4, -0.2) is 31.1 Å². The third-order valence-corrected chi connectivity index (χ3v) is 4.89. The Hall–Kier alpha value is -0.860. The van der Waals surface area contributed by atoms with Crippen molar-refractivity contribution in [3.8, 4) is 0 Å². The molecule has 1 aromatic carbocycles. The Balaban J connectivity index is 1.90. The number of nitrogens with zero attached hydrogens (tertiary/aromatic N) is 1. The lowest BCUT2D eigenvalue weighted by Gasteiger charge is -2.27. The van der Waals surface area contributed by atoms with E-state index in [9.17, 15) is 0 Å². The van der Waals surface area contributed by atoms with Crippen molar-refractivity contribution in [1.82, 2.24) is 10.2 Å². The quantitative estimate of drug-likeness (QED) is 0.734. The maximum atomic E-state index is 3.72. The minimum absolute atomic E-state index is 0.486. The summed E-state index contributed by atoms with van der Waals surface area (Å²) in [5, 5.41) is 3.72.